The van der Waals surface area contributed by atoms with Crippen molar-refractivity contribution in [1.82, 2.24) is 0 Å². The molecule has 0 amide bonds. The zero-order chi connectivity index (χ0) is 13.4. The van der Waals surface area contributed by atoms with Gasteiger partial charge in [0, 0.05) is 11.2 Å². The third kappa shape index (κ3) is 4.80. The normalized spacial score (nSPS) is 25.9. The van der Waals surface area contributed by atoms with Gasteiger partial charge in [-0.25, -0.2) is 0 Å². The van der Waals surface area contributed by atoms with Crippen molar-refractivity contribution in [2.45, 2.75) is 49.6 Å². The summed E-state index contributed by atoms with van der Waals surface area (Å²) in [5.41, 5.74) is 0. The van der Waals surface area contributed by atoms with E-state index in [-0.39, 0.29) is 22.8 Å². The first-order chi connectivity index (χ1) is 8.69. The predicted octanol–water partition coefficient (Wildman–Crippen LogP) is 3.41. The number of halogens is 1. The second kappa shape index (κ2) is 8.29. The molecule has 3 atom stereocenters. The van der Waals surface area contributed by atoms with Gasteiger partial charge in [0.1, 0.15) is 6.10 Å². The smallest absolute Gasteiger partial charge is 0.164 e. The monoisotopic (exact) mass is 310 g/mol. The number of carbonyl (C=O) groups is 1. The summed E-state index contributed by atoms with van der Waals surface area (Å²) in [5.74, 6) is 2.58. The van der Waals surface area contributed by atoms with Gasteiger partial charge >= 0.3 is 0 Å². The minimum absolute atomic E-state index is 0.0248. The molecule has 0 N–H and O–H groups in total. The van der Waals surface area contributed by atoms with Crippen molar-refractivity contribution in [2.24, 2.45) is 0 Å². The van der Waals surface area contributed by atoms with Gasteiger partial charge in [0.05, 0.1) is 6.10 Å². The Morgan fingerprint density at radius 2 is 2.33 bits per heavy atom. The first-order valence-corrected chi connectivity index (χ1v) is 7.19. The van der Waals surface area contributed by atoms with Crippen molar-refractivity contribution in [1.29, 1.82) is 0 Å². The van der Waals surface area contributed by atoms with Crippen LogP contribution in [0.1, 0.15) is 32.6 Å². The van der Waals surface area contributed by atoms with Gasteiger partial charge in [-0.3, -0.25) is 4.79 Å². The molecule has 1 saturated heterocycles. The fourth-order valence-electron chi connectivity index (χ4n) is 1.87. The molecular weight excluding hydrogens is 292 g/mol. The molecule has 1 heterocycles. The maximum atomic E-state index is 11.8. The Balaban J connectivity index is 2.42. The van der Waals surface area contributed by atoms with Gasteiger partial charge in [0.25, 0.3) is 0 Å². The second-order valence-corrected chi connectivity index (χ2v) is 5.45. The minimum Gasteiger partial charge on any atom is -0.365 e. The van der Waals surface area contributed by atoms with E-state index in [0.29, 0.717) is 12.8 Å². The molecule has 0 aromatic heterocycles. The van der Waals surface area contributed by atoms with Crippen molar-refractivity contribution in [3.8, 4) is 12.3 Å². The fraction of sp³-hybridized carbons (Fsp3) is 0.533. The Morgan fingerprint density at radius 3 is 3.00 bits per heavy atom. The number of rotatable bonds is 6. The summed E-state index contributed by atoms with van der Waals surface area (Å²) < 4.78 is 5.76. The van der Waals surface area contributed by atoms with E-state index in [1.54, 1.807) is 6.08 Å². The quantitative estimate of drug-likeness (QED) is 0.427. The van der Waals surface area contributed by atoms with Gasteiger partial charge in [-0.05, 0) is 25.3 Å². The van der Waals surface area contributed by atoms with Crippen LogP contribution in [0.25, 0.3) is 0 Å². The van der Waals surface area contributed by atoms with E-state index in [1.165, 1.54) is 0 Å². The maximum Gasteiger partial charge on any atom is 0.164 e. The van der Waals surface area contributed by atoms with E-state index in [9.17, 15) is 4.79 Å². The van der Waals surface area contributed by atoms with Crippen molar-refractivity contribution in [2.75, 3.05) is 0 Å². The number of allylic oxidation sites excluding steroid dienone is 3. The summed E-state index contributed by atoms with van der Waals surface area (Å²) in [4.78, 5) is 12.0. The molecule has 2 unspecified atom stereocenters. The first-order valence-electron chi connectivity index (χ1n) is 6.27. The van der Waals surface area contributed by atoms with Crippen LogP contribution < -0.4 is 0 Å². The van der Waals surface area contributed by atoms with E-state index >= 15 is 0 Å². The van der Waals surface area contributed by atoms with E-state index < -0.39 is 0 Å². The molecule has 3 heteroatoms. The fourth-order valence-corrected chi connectivity index (χ4v) is 2.40. The number of hydrogen-bond donors (Lipinski definition) is 0. The largest absolute Gasteiger partial charge is 0.365 e. The molecule has 1 rings (SSSR count). The van der Waals surface area contributed by atoms with Gasteiger partial charge in [0.2, 0.25) is 0 Å². The molecule has 0 spiro atoms. The summed E-state index contributed by atoms with van der Waals surface area (Å²) in [7, 11) is 0. The third-order valence-electron chi connectivity index (χ3n) is 2.83. The Morgan fingerprint density at radius 1 is 1.56 bits per heavy atom. The Bertz CT molecular complexity index is 365. The molecule has 18 heavy (non-hydrogen) atoms. The van der Waals surface area contributed by atoms with E-state index in [1.807, 2.05) is 6.08 Å². The van der Waals surface area contributed by atoms with E-state index in [4.69, 9.17) is 11.2 Å². The average Bonchev–Trinajstić information content (AvgIpc) is 2.72. The van der Waals surface area contributed by atoms with Crippen LogP contribution in [0.5, 0.6) is 0 Å². The van der Waals surface area contributed by atoms with Crippen molar-refractivity contribution in [3.63, 3.8) is 0 Å². The summed E-state index contributed by atoms with van der Waals surface area (Å²) in [5, 5.41) is 0. The predicted molar refractivity (Wildman–Crippen MR) is 77.6 cm³/mol. The van der Waals surface area contributed by atoms with Crippen LogP contribution in [0.15, 0.2) is 24.3 Å². The first kappa shape index (κ1) is 15.2. The van der Waals surface area contributed by atoms with Crippen LogP contribution >= 0.6 is 15.9 Å². The molecule has 0 aromatic carbocycles. The van der Waals surface area contributed by atoms with Crippen molar-refractivity contribution < 1.29 is 9.53 Å². The highest BCUT2D eigenvalue weighted by molar-refractivity contribution is 9.09. The van der Waals surface area contributed by atoms with Crippen LogP contribution in [0.2, 0.25) is 0 Å². The lowest BCUT2D eigenvalue weighted by molar-refractivity contribution is -0.122. The number of hydrogen-bond acceptors (Lipinski definition) is 2. The number of carbonyl (C=O) groups excluding carboxylic acids is 1. The number of alkyl halides is 1. The van der Waals surface area contributed by atoms with Crippen molar-refractivity contribution in [3.05, 3.63) is 24.3 Å². The molecular formula is C15H19BrO2. The topological polar surface area (TPSA) is 26.3 Å². The van der Waals surface area contributed by atoms with Gasteiger partial charge in [-0.1, -0.05) is 47.0 Å². The minimum atomic E-state index is -0.324. The summed E-state index contributed by atoms with van der Waals surface area (Å²) in [6, 6.07) is 0. The van der Waals surface area contributed by atoms with Gasteiger partial charge in [0.15, 0.2) is 5.78 Å². The molecule has 1 fully saturated rings. The highest BCUT2D eigenvalue weighted by Crippen LogP contribution is 2.27. The summed E-state index contributed by atoms with van der Waals surface area (Å²) in [6.45, 7) is 2.10. The molecule has 0 radical (unpaired) electrons. The number of ether oxygens (including phenoxy) is 1. The zero-order valence-corrected chi connectivity index (χ0v) is 12.2. The van der Waals surface area contributed by atoms with E-state index in [2.05, 4.69) is 40.9 Å². The highest BCUT2D eigenvalue weighted by atomic mass is 79.9. The molecule has 2 nitrogen and oxygen atoms in total. The molecule has 0 bridgehead atoms. The standard InChI is InChI=1S/C15H19BrO2/c1-3-5-7-9-12(16)15-11-13(17)14(18-15)10-8-6-4-2/h2,5-8,12,14-15H,3,9-11H2,1H3/b7-5+,8-6+/t12-,14?,15?/m1/s1. The number of Topliss-reactive ketones (excluding diaryl/α,β-unsaturated/α-hetero) is 1. The second-order valence-electron chi connectivity index (χ2n) is 4.27. The number of ketones is 1. The summed E-state index contributed by atoms with van der Waals surface area (Å²) >= 11 is 3.59. The molecule has 0 aliphatic carbocycles. The van der Waals surface area contributed by atoms with Gasteiger partial charge < -0.3 is 4.74 Å². The molecule has 0 saturated carbocycles. The Kier molecular flexibility index (Phi) is 7.00. The van der Waals surface area contributed by atoms with Crippen LogP contribution in [-0.4, -0.2) is 22.8 Å². The third-order valence-corrected chi connectivity index (χ3v) is 3.80. The van der Waals surface area contributed by atoms with Crippen LogP contribution in [0.3, 0.4) is 0 Å². The SMILES string of the molecule is C#C/C=C/CC1OC([C@H](Br)C/C=C/CC)CC1=O. The zero-order valence-electron chi connectivity index (χ0n) is 10.6. The number of terminal acetylenes is 1. The Labute approximate surface area is 118 Å². The van der Waals surface area contributed by atoms with Crippen LogP contribution in [0, 0.1) is 12.3 Å². The average molecular weight is 311 g/mol. The lowest BCUT2D eigenvalue weighted by atomic mass is 10.1. The van der Waals surface area contributed by atoms with Gasteiger partial charge in [-0.15, -0.1) is 6.42 Å². The lowest BCUT2D eigenvalue weighted by Crippen LogP contribution is -2.20. The molecule has 1 aliphatic rings. The van der Waals surface area contributed by atoms with Crippen molar-refractivity contribution >= 4 is 21.7 Å². The molecule has 1 aliphatic heterocycles. The van der Waals surface area contributed by atoms with Crippen LogP contribution in [0.4, 0.5) is 0 Å². The molecule has 98 valence electrons. The van der Waals surface area contributed by atoms with Gasteiger partial charge in [-0.2, -0.15) is 0 Å². The molecule has 0 aromatic rings. The summed E-state index contributed by atoms with van der Waals surface area (Å²) in [6.07, 6.45) is 15.4. The maximum absolute atomic E-state index is 11.8. The van der Waals surface area contributed by atoms with E-state index in [0.717, 1.165) is 12.8 Å². The van der Waals surface area contributed by atoms with Crippen LogP contribution in [-0.2, 0) is 9.53 Å². The Hall–Kier alpha value is -0.850. The highest BCUT2D eigenvalue weighted by Gasteiger charge is 2.35. The lowest BCUT2D eigenvalue weighted by Gasteiger charge is -2.16.